The quantitative estimate of drug-likeness (QED) is 0.816. The van der Waals surface area contributed by atoms with Gasteiger partial charge in [-0.2, -0.15) is 0 Å². The van der Waals surface area contributed by atoms with Crippen LogP contribution < -0.4 is 5.32 Å². The van der Waals surface area contributed by atoms with Crippen LogP contribution in [0.2, 0.25) is 0 Å². The average Bonchev–Trinajstić information content (AvgIpc) is 2.94. The molecule has 1 heterocycles. The predicted molar refractivity (Wildman–Crippen MR) is 89.7 cm³/mol. The molecule has 0 fully saturated rings. The molecule has 0 aliphatic rings. The van der Waals surface area contributed by atoms with Crippen LogP contribution in [-0.4, -0.2) is 6.54 Å². The minimum absolute atomic E-state index is 0.183. The molecule has 1 aromatic carbocycles. The monoisotopic (exact) mass is 287 g/mol. The van der Waals surface area contributed by atoms with Crippen LogP contribution in [0.25, 0.3) is 0 Å². The van der Waals surface area contributed by atoms with Crippen LogP contribution in [0.1, 0.15) is 48.4 Å². The molecule has 1 atom stereocenters. The molecule has 2 rings (SSSR count). The second-order valence-electron chi connectivity index (χ2n) is 6.31. The van der Waals surface area contributed by atoms with Crippen LogP contribution in [-0.2, 0) is 5.41 Å². The van der Waals surface area contributed by atoms with Gasteiger partial charge in [0.2, 0.25) is 0 Å². The Hall–Kier alpha value is -1.12. The Morgan fingerprint density at radius 2 is 1.90 bits per heavy atom. The minimum Gasteiger partial charge on any atom is -0.309 e. The number of rotatable bonds is 5. The minimum atomic E-state index is 0.183. The Kier molecular flexibility index (Phi) is 4.66. The second-order valence-corrected chi connectivity index (χ2v) is 7.26. The predicted octanol–water partition coefficient (Wildman–Crippen LogP) is 4.99. The highest BCUT2D eigenvalue weighted by atomic mass is 32.1. The van der Waals surface area contributed by atoms with E-state index in [0.29, 0.717) is 6.04 Å². The second kappa shape index (κ2) is 6.11. The molecular formula is C18H25NS. The van der Waals surface area contributed by atoms with Gasteiger partial charge >= 0.3 is 0 Å². The van der Waals surface area contributed by atoms with Gasteiger partial charge in [0.05, 0.1) is 0 Å². The van der Waals surface area contributed by atoms with Gasteiger partial charge in [-0.3, -0.25) is 0 Å². The van der Waals surface area contributed by atoms with Crippen molar-refractivity contribution in [3.63, 3.8) is 0 Å². The van der Waals surface area contributed by atoms with Gasteiger partial charge in [-0.15, -0.1) is 11.3 Å². The van der Waals surface area contributed by atoms with Gasteiger partial charge in [-0.05, 0) is 48.9 Å². The summed E-state index contributed by atoms with van der Waals surface area (Å²) in [4.78, 5) is 1.44. The fraction of sp³-hybridized carbons (Fsp3) is 0.444. The van der Waals surface area contributed by atoms with E-state index in [0.717, 1.165) is 6.54 Å². The lowest BCUT2D eigenvalue weighted by Gasteiger charge is -2.26. The highest BCUT2D eigenvalue weighted by Gasteiger charge is 2.22. The van der Waals surface area contributed by atoms with E-state index in [1.165, 1.54) is 21.6 Å². The van der Waals surface area contributed by atoms with Crippen LogP contribution >= 0.6 is 11.3 Å². The molecule has 108 valence electrons. The maximum atomic E-state index is 3.68. The zero-order valence-electron chi connectivity index (χ0n) is 13.2. The van der Waals surface area contributed by atoms with Crippen LogP contribution in [0, 0.1) is 13.8 Å². The molecule has 2 heteroatoms. The molecule has 0 saturated carbocycles. The Bertz CT molecular complexity index is 555. The zero-order valence-corrected chi connectivity index (χ0v) is 14.0. The zero-order chi connectivity index (χ0) is 14.8. The largest absolute Gasteiger partial charge is 0.309 e. The molecule has 20 heavy (non-hydrogen) atoms. The van der Waals surface area contributed by atoms with Gasteiger partial charge in [0, 0.05) is 22.9 Å². The lowest BCUT2D eigenvalue weighted by Crippen LogP contribution is -2.33. The van der Waals surface area contributed by atoms with E-state index in [1.54, 1.807) is 0 Å². The Labute approximate surface area is 127 Å². The summed E-state index contributed by atoms with van der Waals surface area (Å²) in [6.07, 6.45) is 0. The number of aryl methyl sites for hydroxylation is 2. The summed E-state index contributed by atoms with van der Waals surface area (Å²) in [6, 6.07) is 11.5. The summed E-state index contributed by atoms with van der Waals surface area (Å²) in [5.41, 5.74) is 4.28. The van der Waals surface area contributed by atoms with Gasteiger partial charge in [0.15, 0.2) is 0 Å². The Balaban J connectivity index is 2.01. The highest BCUT2D eigenvalue weighted by Crippen LogP contribution is 2.27. The maximum Gasteiger partial charge on any atom is 0.0292 e. The summed E-state index contributed by atoms with van der Waals surface area (Å²) in [6.45, 7) is 12.2. The fourth-order valence-electron chi connectivity index (χ4n) is 2.31. The maximum absolute atomic E-state index is 3.68. The number of benzene rings is 1. The summed E-state index contributed by atoms with van der Waals surface area (Å²) in [5.74, 6) is 0. The SMILES string of the molecule is Cc1ccc(C(C)NCC(C)(C)c2cccs2)cc1C. The molecule has 1 N–H and O–H groups in total. The van der Waals surface area contributed by atoms with Crippen molar-refractivity contribution in [1.82, 2.24) is 5.32 Å². The van der Waals surface area contributed by atoms with Crippen LogP contribution in [0.4, 0.5) is 0 Å². The molecule has 0 aliphatic carbocycles. The summed E-state index contributed by atoms with van der Waals surface area (Å²) in [7, 11) is 0. The van der Waals surface area contributed by atoms with Crippen LogP contribution in [0.5, 0.6) is 0 Å². The number of nitrogens with one attached hydrogen (secondary N) is 1. The van der Waals surface area contributed by atoms with Crippen molar-refractivity contribution in [2.75, 3.05) is 6.54 Å². The highest BCUT2D eigenvalue weighted by molar-refractivity contribution is 7.10. The number of hydrogen-bond acceptors (Lipinski definition) is 2. The van der Waals surface area contributed by atoms with E-state index in [2.05, 4.69) is 75.6 Å². The fourth-order valence-corrected chi connectivity index (χ4v) is 3.16. The van der Waals surface area contributed by atoms with Gasteiger partial charge in [0.25, 0.3) is 0 Å². The summed E-state index contributed by atoms with van der Waals surface area (Å²) < 4.78 is 0. The Morgan fingerprint density at radius 3 is 2.50 bits per heavy atom. The molecule has 0 spiro atoms. The lowest BCUT2D eigenvalue weighted by molar-refractivity contribution is 0.441. The van der Waals surface area contributed by atoms with Crippen molar-refractivity contribution < 1.29 is 0 Å². The summed E-state index contributed by atoms with van der Waals surface area (Å²) >= 11 is 1.84. The molecule has 0 bridgehead atoms. The molecule has 0 saturated heterocycles. The molecule has 0 amide bonds. The third kappa shape index (κ3) is 3.50. The molecular weight excluding hydrogens is 262 g/mol. The van der Waals surface area contributed by atoms with Crippen molar-refractivity contribution in [3.05, 3.63) is 57.3 Å². The lowest BCUT2D eigenvalue weighted by atomic mass is 9.90. The van der Waals surface area contributed by atoms with E-state index in [4.69, 9.17) is 0 Å². The van der Waals surface area contributed by atoms with E-state index in [9.17, 15) is 0 Å². The van der Waals surface area contributed by atoms with Gasteiger partial charge < -0.3 is 5.32 Å². The first kappa shape index (κ1) is 15.3. The first-order chi connectivity index (χ1) is 9.40. The van der Waals surface area contributed by atoms with Gasteiger partial charge in [0.1, 0.15) is 0 Å². The molecule has 1 aromatic heterocycles. The molecule has 0 aliphatic heterocycles. The standard InChI is InChI=1S/C18H25NS/c1-13-8-9-16(11-14(13)2)15(3)19-12-18(4,5)17-7-6-10-20-17/h6-11,15,19H,12H2,1-5H3. The van der Waals surface area contributed by atoms with Gasteiger partial charge in [-0.1, -0.05) is 38.1 Å². The topological polar surface area (TPSA) is 12.0 Å². The Morgan fingerprint density at radius 1 is 1.15 bits per heavy atom. The number of hydrogen-bond donors (Lipinski definition) is 1. The van der Waals surface area contributed by atoms with E-state index < -0.39 is 0 Å². The van der Waals surface area contributed by atoms with Crippen molar-refractivity contribution in [3.8, 4) is 0 Å². The van der Waals surface area contributed by atoms with Crippen molar-refractivity contribution >= 4 is 11.3 Å². The van der Waals surface area contributed by atoms with Crippen LogP contribution in [0.15, 0.2) is 35.7 Å². The first-order valence-corrected chi connectivity index (χ1v) is 8.12. The van der Waals surface area contributed by atoms with E-state index in [-0.39, 0.29) is 5.41 Å². The average molecular weight is 287 g/mol. The third-order valence-corrected chi connectivity index (χ3v) is 5.31. The molecule has 0 radical (unpaired) electrons. The smallest absolute Gasteiger partial charge is 0.0292 e. The number of thiophene rings is 1. The van der Waals surface area contributed by atoms with Crippen molar-refractivity contribution in [1.29, 1.82) is 0 Å². The third-order valence-electron chi connectivity index (χ3n) is 4.07. The van der Waals surface area contributed by atoms with Crippen molar-refractivity contribution in [2.45, 2.75) is 46.1 Å². The van der Waals surface area contributed by atoms with E-state index in [1.807, 2.05) is 11.3 Å². The first-order valence-electron chi connectivity index (χ1n) is 7.25. The summed E-state index contributed by atoms with van der Waals surface area (Å²) in [5, 5.41) is 5.84. The normalized spacial score (nSPS) is 13.4. The van der Waals surface area contributed by atoms with Gasteiger partial charge in [-0.25, -0.2) is 0 Å². The van der Waals surface area contributed by atoms with Crippen LogP contribution in [0.3, 0.4) is 0 Å². The molecule has 1 unspecified atom stereocenters. The molecule has 2 aromatic rings. The van der Waals surface area contributed by atoms with Crippen molar-refractivity contribution in [2.24, 2.45) is 0 Å². The van der Waals surface area contributed by atoms with E-state index >= 15 is 0 Å². The molecule has 1 nitrogen and oxygen atoms in total.